The van der Waals surface area contributed by atoms with Gasteiger partial charge in [0.25, 0.3) is 11.8 Å². The van der Waals surface area contributed by atoms with E-state index < -0.39 is 23.5 Å². The molecule has 11 nitrogen and oxygen atoms in total. The molecule has 1 aromatic carbocycles. The second kappa shape index (κ2) is 9.43. The molecule has 0 aliphatic carbocycles. The summed E-state index contributed by atoms with van der Waals surface area (Å²) in [6, 6.07) is 7.71. The Labute approximate surface area is 183 Å². The van der Waals surface area contributed by atoms with E-state index in [1.165, 1.54) is 12.3 Å². The van der Waals surface area contributed by atoms with E-state index in [2.05, 4.69) is 15.3 Å². The molecule has 3 rings (SSSR count). The van der Waals surface area contributed by atoms with E-state index in [0.29, 0.717) is 5.06 Å². The van der Waals surface area contributed by atoms with Gasteiger partial charge in [-0.25, -0.2) is 14.8 Å². The minimum Gasteiger partial charge on any atom is -0.504 e. The van der Waals surface area contributed by atoms with Gasteiger partial charge < -0.3 is 14.6 Å². The van der Waals surface area contributed by atoms with Crippen LogP contribution < -0.4 is 10.1 Å². The third kappa shape index (κ3) is 5.58. The second-order valence-corrected chi connectivity index (χ2v) is 7.55. The molecule has 0 bridgehead atoms. The maximum atomic E-state index is 12.2. The normalized spacial score (nSPS) is 13.4. The van der Waals surface area contributed by atoms with E-state index in [-0.39, 0.29) is 41.7 Å². The van der Waals surface area contributed by atoms with Gasteiger partial charge >= 0.3 is 6.09 Å². The van der Waals surface area contributed by atoms with Crippen molar-refractivity contribution in [3.63, 3.8) is 0 Å². The molecule has 0 radical (unpaired) electrons. The van der Waals surface area contributed by atoms with E-state index in [1.807, 2.05) is 0 Å². The summed E-state index contributed by atoms with van der Waals surface area (Å²) in [4.78, 5) is 49.0. The number of aromatic nitrogens is 1. The molecule has 1 aliphatic rings. The molecule has 0 atom stereocenters. The van der Waals surface area contributed by atoms with Gasteiger partial charge in [0.2, 0.25) is 0 Å². The average Bonchev–Trinajstić information content (AvgIpc) is 2.96. The summed E-state index contributed by atoms with van der Waals surface area (Å²) < 4.78 is 10.5. The summed E-state index contributed by atoms with van der Waals surface area (Å²) in [7, 11) is 0. The first-order valence-corrected chi connectivity index (χ1v) is 9.60. The van der Waals surface area contributed by atoms with Gasteiger partial charge in [0, 0.05) is 6.07 Å². The van der Waals surface area contributed by atoms with E-state index in [4.69, 9.17) is 14.3 Å². The highest BCUT2D eigenvalue weighted by Gasteiger charge is 2.36. The average molecular weight is 442 g/mol. The highest BCUT2D eigenvalue weighted by atomic mass is 16.7. The lowest BCUT2D eigenvalue weighted by atomic mass is 10.1. The topological polar surface area (TPSA) is 140 Å². The number of benzene rings is 1. The van der Waals surface area contributed by atoms with Gasteiger partial charge in [0.1, 0.15) is 24.6 Å². The zero-order chi connectivity index (χ0) is 23.3. The van der Waals surface area contributed by atoms with Crippen LogP contribution in [0, 0.1) is 0 Å². The summed E-state index contributed by atoms with van der Waals surface area (Å²) in [5.41, 5.74) is -0.0879. The molecule has 3 amide bonds. The van der Waals surface area contributed by atoms with Gasteiger partial charge in [-0.2, -0.15) is 0 Å². The highest BCUT2D eigenvalue weighted by Crippen LogP contribution is 2.27. The monoisotopic (exact) mass is 442 g/mol. The molecule has 0 saturated carbocycles. The Hall–Kier alpha value is -3.99. The molecule has 11 heteroatoms. The van der Waals surface area contributed by atoms with Crippen molar-refractivity contribution in [3.05, 3.63) is 47.7 Å². The first-order chi connectivity index (χ1) is 15.2. The number of aliphatic imine (C=N–C) groups is 1. The van der Waals surface area contributed by atoms with Crippen molar-refractivity contribution in [1.29, 1.82) is 0 Å². The number of hydroxylamine groups is 2. The van der Waals surface area contributed by atoms with Crippen molar-refractivity contribution < 1.29 is 33.8 Å². The maximum absolute atomic E-state index is 12.2. The summed E-state index contributed by atoms with van der Waals surface area (Å²) >= 11 is 0. The number of pyridine rings is 1. The second-order valence-electron chi connectivity index (χ2n) is 7.55. The molecule has 32 heavy (non-hydrogen) atoms. The number of rotatable bonds is 7. The number of ether oxygens (including phenoxy) is 2. The molecule has 0 spiro atoms. The van der Waals surface area contributed by atoms with Gasteiger partial charge in [0.15, 0.2) is 11.6 Å². The van der Waals surface area contributed by atoms with Crippen LogP contribution in [0.2, 0.25) is 0 Å². The molecule has 168 valence electrons. The molecular formula is C21H22N4O7. The first-order valence-electron chi connectivity index (χ1n) is 9.60. The lowest BCUT2D eigenvalue weighted by molar-refractivity contribution is -0.0976. The molecule has 0 fully saturated rings. The van der Waals surface area contributed by atoms with Crippen molar-refractivity contribution in [1.82, 2.24) is 15.4 Å². The SMILES string of the molecule is CC(C)(C)OC(=O)N/C=N/c1ncc(OCCON2C(=O)c3ccccc3C2=O)cc1O. The van der Waals surface area contributed by atoms with Crippen LogP contribution in [0.4, 0.5) is 10.6 Å². The van der Waals surface area contributed by atoms with Gasteiger partial charge in [-0.3, -0.25) is 19.7 Å². The Kier molecular flexibility index (Phi) is 6.69. The number of nitrogens with zero attached hydrogens (tertiary/aromatic N) is 3. The summed E-state index contributed by atoms with van der Waals surface area (Å²) in [6.45, 7) is 5.06. The minimum atomic E-state index is -0.696. The van der Waals surface area contributed by atoms with Gasteiger partial charge in [0.05, 0.1) is 23.7 Å². The van der Waals surface area contributed by atoms with Crippen LogP contribution in [0.5, 0.6) is 11.5 Å². The van der Waals surface area contributed by atoms with Crippen LogP contribution in [0.1, 0.15) is 41.5 Å². The Bertz CT molecular complexity index is 1030. The number of hydrogen-bond donors (Lipinski definition) is 2. The quantitative estimate of drug-likeness (QED) is 0.289. The van der Waals surface area contributed by atoms with E-state index >= 15 is 0 Å². The van der Waals surface area contributed by atoms with Gasteiger partial charge in [-0.15, -0.1) is 5.06 Å². The predicted octanol–water partition coefficient (Wildman–Crippen LogP) is 2.58. The standard InChI is InChI=1S/C21H22N4O7/c1-21(2,3)32-20(29)24-12-23-17-16(26)10-13(11-22-17)30-8-9-31-25-18(27)14-6-4-5-7-15(14)19(25)28/h4-7,10-12,26H,8-9H2,1-3H3,(H,22,23,24,29). The van der Waals surface area contributed by atoms with E-state index in [1.54, 1.807) is 45.0 Å². The lowest BCUT2D eigenvalue weighted by Crippen LogP contribution is -2.31. The Morgan fingerprint density at radius 3 is 2.44 bits per heavy atom. The predicted molar refractivity (Wildman–Crippen MR) is 112 cm³/mol. The summed E-state index contributed by atoms with van der Waals surface area (Å²) in [5.74, 6) is -1.19. The number of hydrogen-bond acceptors (Lipinski definition) is 9. The fraction of sp³-hybridized carbons (Fsp3) is 0.286. The van der Waals surface area contributed by atoms with Crippen LogP contribution in [0.3, 0.4) is 0 Å². The maximum Gasteiger partial charge on any atom is 0.412 e. The van der Waals surface area contributed by atoms with Crippen molar-refractivity contribution >= 4 is 30.1 Å². The minimum absolute atomic E-state index is 0.0165. The molecular weight excluding hydrogens is 420 g/mol. The van der Waals surface area contributed by atoms with Crippen molar-refractivity contribution in [2.24, 2.45) is 4.99 Å². The smallest absolute Gasteiger partial charge is 0.412 e. The van der Waals surface area contributed by atoms with E-state index in [0.717, 1.165) is 6.34 Å². The zero-order valence-electron chi connectivity index (χ0n) is 17.7. The molecule has 1 aromatic heterocycles. The van der Waals surface area contributed by atoms with Gasteiger partial charge in [-0.05, 0) is 32.9 Å². The third-order valence-corrected chi connectivity index (χ3v) is 3.92. The molecule has 1 aliphatic heterocycles. The molecule has 0 saturated heterocycles. The summed E-state index contributed by atoms with van der Waals surface area (Å²) in [5, 5.41) is 13.0. The van der Waals surface area contributed by atoms with Gasteiger partial charge in [-0.1, -0.05) is 12.1 Å². The van der Waals surface area contributed by atoms with Crippen LogP contribution in [-0.2, 0) is 9.57 Å². The van der Waals surface area contributed by atoms with Crippen molar-refractivity contribution in [3.8, 4) is 11.5 Å². The van der Waals surface area contributed by atoms with Crippen molar-refractivity contribution in [2.45, 2.75) is 26.4 Å². The number of carbonyl (C=O) groups is 3. The van der Waals surface area contributed by atoms with Crippen LogP contribution >= 0.6 is 0 Å². The number of fused-ring (bicyclic) bond motifs is 1. The zero-order valence-corrected chi connectivity index (χ0v) is 17.7. The Balaban J connectivity index is 1.46. The summed E-state index contributed by atoms with van der Waals surface area (Å²) in [6.07, 6.45) is 1.66. The Morgan fingerprint density at radius 1 is 1.19 bits per heavy atom. The highest BCUT2D eigenvalue weighted by molar-refractivity contribution is 6.20. The molecule has 2 heterocycles. The molecule has 2 N–H and O–H groups in total. The fourth-order valence-corrected chi connectivity index (χ4v) is 2.63. The molecule has 2 aromatic rings. The number of amides is 3. The number of carbonyl (C=O) groups excluding carboxylic acids is 3. The molecule has 0 unspecified atom stereocenters. The van der Waals surface area contributed by atoms with Crippen molar-refractivity contribution in [2.75, 3.05) is 13.2 Å². The van der Waals surface area contributed by atoms with Crippen LogP contribution in [0.25, 0.3) is 0 Å². The Morgan fingerprint density at radius 2 is 1.84 bits per heavy atom. The van der Waals surface area contributed by atoms with Crippen LogP contribution in [0.15, 0.2) is 41.5 Å². The number of imide groups is 1. The number of alkyl carbamates (subject to hydrolysis) is 1. The lowest BCUT2D eigenvalue weighted by Gasteiger charge is -2.18. The fourth-order valence-electron chi connectivity index (χ4n) is 2.63. The first kappa shape index (κ1) is 22.7. The third-order valence-electron chi connectivity index (χ3n) is 3.92. The number of nitrogens with one attached hydrogen (secondary N) is 1. The van der Waals surface area contributed by atoms with E-state index in [9.17, 15) is 19.5 Å². The number of aromatic hydroxyl groups is 1. The largest absolute Gasteiger partial charge is 0.504 e. The van der Waals surface area contributed by atoms with Crippen LogP contribution in [-0.4, -0.2) is 58.2 Å².